The van der Waals surface area contributed by atoms with E-state index < -0.39 is 0 Å². The first-order chi connectivity index (χ1) is 12.1. The first-order valence-electron chi connectivity index (χ1n) is 9.19. The fourth-order valence-corrected chi connectivity index (χ4v) is 3.63. The molecule has 3 rings (SSSR count). The van der Waals surface area contributed by atoms with Gasteiger partial charge >= 0.3 is 0 Å². The first-order valence-corrected chi connectivity index (χ1v) is 9.19. The van der Waals surface area contributed by atoms with Gasteiger partial charge in [0.1, 0.15) is 0 Å². The summed E-state index contributed by atoms with van der Waals surface area (Å²) >= 11 is 0. The predicted octanol–water partition coefficient (Wildman–Crippen LogP) is 2.36. The summed E-state index contributed by atoms with van der Waals surface area (Å²) < 4.78 is 0. The van der Waals surface area contributed by atoms with Gasteiger partial charge in [0.15, 0.2) is 0 Å². The van der Waals surface area contributed by atoms with E-state index in [0.717, 1.165) is 49.9 Å². The second-order valence-electron chi connectivity index (χ2n) is 7.05. The van der Waals surface area contributed by atoms with Gasteiger partial charge in [0.2, 0.25) is 11.8 Å². The number of hydrogen-bond donors (Lipinski definition) is 2. The minimum absolute atomic E-state index is 0.0581. The molecule has 0 saturated carbocycles. The Morgan fingerprint density at radius 2 is 1.92 bits per heavy atom. The number of nitrogens with one attached hydrogen (secondary N) is 1. The van der Waals surface area contributed by atoms with Crippen LogP contribution < -0.4 is 16.0 Å². The molecule has 1 aromatic carbocycles. The van der Waals surface area contributed by atoms with E-state index in [0.29, 0.717) is 13.1 Å². The Bertz CT molecular complexity index is 639. The van der Waals surface area contributed by atoms with Gasteiger partial charge in [-0.25, -0.2) is 0 Å². The van der Waals surface area contributed by atoms with Crippen molar-refractivity contribution >= 4 is 17.5 Å². The standard InChI is InChI=1S/C20H27N3O2/c21-19(24)17-7-4-12-23(14-17)18-10-8-15(9-11-18)13-22-20(25)16-5-2-1-3-6-16/h1-2,8-11,16-17H,3-7,12-14H2,(H2,21,24)(H,22,25)/t16-,17-/m1/s1. The van der Waals surface area contributed by atoms with E-state index in [1.165, 1.54) is 0 Å². The maximum absolute atomic E-state index is 12.2. The predicted molar refractivity (Wildman–Crippen MR) is 98.9 cm³/mol. The number of nitrogens with two attached hydrogens (primary N) is 1. The lowest BCUT2D eigenvalue weighted by molar-refractivity contribution is -0.125. The van der Waals surface area contributed by atoms with Gasteiger partial charge in [0.05, 0.1) is 5.92 Å². The molecule has 134 valence electrons. The van der Waals surface area contributed by atoms with E-state index >= 15 is 0 Å². The van der Waals surface area contributed by atoms with Crippen molar-refractivity contribution in [2.24, 2.45) is 17.6 Å². The van der Waals surface area contributed by atoms with Gasteiger partial charge < -0.3 is 16.0 Å². The SMILES string of the molecule is NC(=O)[C@@H]1CCCN(c2ccc(CNC(=O)[C@@H]3CC=CCC3)cc2)C1. The fourth-order valence-electron chi connectivity index (χ4n) is 3.63. The quantitative estimate of drug-likeness (QED) is 0.807. The normalized spacial score (nSPS) is 23.3. The maximum atomic E-state index is 12.2. The number of anilines is 1. The summed E-state index contributed by atoms with van der Waals surface area (Å²) in [5, 5.41) is 3.04. The van der Waals surface area contributed by atoms with E-state index in [-0.39, 0.29) is 23.7 Å². The minimum atomic E-state index is -0.207. The molecule has 0 aromatic heterocycles. The molecule has 5 heteroatoms. The third-order valence-corrected chi connectivity index (χ3v) is 5.23. The summed E-state index contributed by atoms with van der Waals surface area (Å²) in [5.74, 6) is -0.00374. The highest BCUT2D eigenvalue weighted by atomic mass is 16.2. The van der Waals surface area contributed by atoms with Crippen molar-refractivity contribution in [3.63, 3.8) is 0 Å². The van der Waals surface area contributed by atoms with E-state index in [1.807, 2.05) is 12.1 Å². The number of carbonyl (C=O) groups excluding carboxylic acids is 2. The van der Waals surface area contributed by atoms with Crippen molar-refractivity contribution in [1.29, 1.82) is 0 Å². The molecule has 1 aliphatic carbocycles. The number of nitrogens with zero attached hydrogens (tertiary/aromatic N) is 1. The van der Waals surface area contributed by atoms with Crippen LogP contribution in [0.5, 0.6) is 0 Å². The van der Waals surface area contributed by atoms with Crippen molar-refractivity contribution in [2.45, 2.75) is 38.6 Å². The number of carbonyl (C=O) groups is 2. The van der Waals surface area contributed by atoms with Crippen LogP contribution in [-0.4, -0.2) is 24.9 Å². The number of hydrogen-bond acceptors (Lipinski definition) is 3. The molecule has 2 atom stereocenters. The Morgan fingerprint density at radius 3 is 2.60 bits per heavy atom. The van der Waals surface area contributed by atoms with Gasteiger partial charge in [0, 0.05) is 31.2 Å². The zero-order chi connectivity index (χ0) is 17.6. The molecule has 0 spiro atoms. The summed E-state index contributed by atoms with van der Waals surface area (Å²) in [6, 6.07) is 8.22. The number of piperidine rings is 1. The molecule has 1 heterocycles. The Hall–Kier alpha value is -2.30. The van der Waals surface area contributed by atoms with Gasteiger partial charge in [0.25, 0.3) is 0 Å². The Morgan fingerprint density at radius 1 is 1.12 bits per heavy atom. The smallest absolute Gasteiger partial charge is 0.223 e. The van der Waals surface area contributed by atoms with Crippen LogP contribution in [0.1, 0.15) is 37.7 Å². The van der Waals surface area contributed by atoms with Crippen LogP contribution in [0, 0.1) is 11.8 Å². The van der Waals surface area contributed by atoms with Gasteiger partial charge in [-0.2, -0.15) is 0 Å². The summed E-state index contributed by atoms with van der Waals surface area (Å²) in [7, 11) is 0. The molecule has 1 saturated heterocycles. The summed E-state index contributed by atoms with van der Waals surface area (Å²) in [5.41, 5.74) is 7.65. The molecule has 1 aromatic rings. The molecular formula is C20H27N3O2. The first kappa shape index (κ1) is 17.5. The lowest BCUT2D eigenvalue weighted by Gasteiger charge is -2.33. The van der Waals surface area contributed by atoms with Crippen molar-refractivity contribution < 1.29 is 9.59 Å². The van der Waals surface area contributed by atoms with E-state index in [2.05, 4.69) is 34.5 Å². The lowest BCUT2D eigenvalue weighted by Crippen LogP contribution is -2.41. The molecule has 2 aliphatic rings. The van der Waals surface area contributed by atoms with Crippen LogP contribution in [-0.2, 0) is 16.1 Å². The van der Waals surface area contributed by atoms with Gasteiger partial charge in [-0.05, 0) is 49.8 Å². The third kappa shape index (κ3) is 4.62. The lowest BCUT2D eigenvalue weighted by atomic mass is 9.93. The Kier molecular flexibility index (Phi) is 5.74. The van der Waals surface area contributed by atoms with Crippen molar-refractivity contribution in [2.75, 3.05) is 18.0 Å². The number of amides is 2. The molecule has 3 N–H and O–H groups in total. The molecule has 5 nitrogen and oxygen atoms in total. The number of primary amides is 1. The van der Waals surface area contributed by atoms with Crippen molar-refractivity contribution in [1.82, 2.24) is 5.32 Å². The zero-order valence-electron chi connectivity index (χ0n) is 14.6. The zero-order valence-corrected chi connectivity index (χ0v) is 14.6. The monoisotopic (exact) mass is 341 g/mol. The van der Waals surface area contributed by atoms with Crippen molar-refractivity contribution in [3.8, 4) is 0 Å². The van der Waals surface area contributed by atoms with Crippen LogP contribution in [0.15, 0.2) is 36.4 Å². The number of benzene rings is 1. The average molecular weight is 341 g/mol. The van der Waals surface area contributed by atoms with Crippen LogP contribution in [0.25, 0.3) is 0 Å². The molecule has 0 bridgehead atoms. The minimum Gasteiger partial charge on any atom is -0.371 e. The summed E-state index contributed by atoms with van der Waals surface area (Å²) in [6.45, 7) is 2.21. The van der Waals surface area contributed by atoms with Crippen LogP contribution in [0.2, 0.25) is 0 Å². The Labute approximate surface area is 149 Å². The molecule has 0 radical (unpaired) electrons. The second kappa shape index (κ2) is 8.19. The number of allylic oxidation sites excluding steroid dienone is 2. The summed E-state index contributed by atoms with van der Waals surface area (Å²) in [6.07, 6.45) is 8.90. The molecule has 1 fully saturated rings. The van der Waals surface area contributed by atoms with E-state index in [4.69, 9.17) is 5.73 Å². The largest absolute Gasteiger partial charge is 0.371 e. The molecular weight excluding hydrogens is 314 g/mol. The van der Waals surface area contributed by atoms with Gasteiger partial charge in [-0.3, -0.25) is 9.59 Å². The number of rotatable bonds is 5. The van der Waals surface area contributed by atoms with Crippen LogP contribution >= 0.6 is 0 Å². The fraction of sp³-hybridized carbons (Fsp3) is 0.500. The highest BCUT2D eigenvalue weighted by molar-refractivity contribution is 5.79. The van der Waals surface area contributed by atoms with E-state index in [1.54, 1.807) is 0 Å². The second-order valence-corrected chi connectivity index (χ2v) is 7.05. The topological polar surface area (TPSA) is 75.4 Å². The summed E-state index contributed by atoms with van der Waals surface area (Å²) in [4.78, 5) is 25.8. The van der Waals surface area contributed by atoms with Gasteiger partial charge in [-0.1, -0.05) is 24.3 Å². The van der Waals surface area contributed by atoms with E-state index in [9.17, 15) is 9.59 Å². The Balaban J connectivity index is 1.52. The average Bonchev–Trinajstić information content (AvgIpc) is 2.67. The molecule has 2 amide bonds. The van der Waals surface area contributed by atoms with Crippen molar-refractivity contribution in [3.05, 3.63) is 42.0 Å². The highest BCUT2D eigenvalue weighted by Crippen LogP contribution is 2.23. The maximum Gasteiger partial charge on any atom is 0.223 e. The van der Waals surface area contributed by atoms with Crippen LogP contribution in [0.4, 0.5) is 5.69 Å². The molecule has 1 aliphatic heterocycles. The molecule has 25 heavy (non-hydrogen) atoms. The van der Waals surface area contributed by atoms with Gasteiger partial charge in [-0.15, -0.1) is 0 Å². The third-order valence-electron chi connectivity index (χ3n) is 5.23. The highest BCUT2D eigenvalue weighted by Gasteiger charge is 2.24. The molecule has 0 unspecified atom stereocenters. The van der Waals surface area contributed by atoms with Crippen LogP contribution in [0.3, 0.4) is 0 Å².